The number of nitrogens with zero attached hydrogens (tertiary/aromatic N) is 2. The molecule has 4 atom stereocenters. The van der Waals surface area contributed by atoms with Crippen LogP contribution in [0.25, 0.3) is 0 Å². The number of hydrogen-bond donors (Lipinski definition) is 2. The highest BCUT2D eigenvalue weighted by molar-refractivity contribution is 5.94. The van der Waals surface area contributed by atoms with Gasteiger partial charge in [0.15, 0.2) is 11.6 Å². The first-order valence-electron chi connectivity index (χ1n) is 19.8. The van der Waals surface area contributed by atoms with Crippen LogP contribution in [-0.2, 0) is 30.5 Å². The second kappa shape index (κ2) is 15.1. The molecule has 0 bridgehead atoms. The highest BCUT2D eigenvalue weighted by atomic mass is 16.8. The normalized spacial score (nSPS) is 25.5. The number of rotatable bonds is 12. The summed E-state index contributed by atoms with van der Waals surface area (Å²) in [5.74, 6) is -1.80. The number of anilines is 4. The molecule has 2 aromatic carbocycles. The molecule has 0 amide bonds. The summed E-state index contributed by atoms with van der Waals surface area (Å²) < 4.78 is 27.3. The Hall–Kier alpha value is -2.20. The predicted molar refractivity (Wildman–Crippen MR) is 212 cm³/mol. The summed E-state index contributed by atoms with van der Waals surface area (Å²) >= 11 is 0. The second-order valence-electron chi connectivity index (χ2n) is 20.0. The Morgan fingerprint density at radius 3 is 1.23 bits per heavy atom. The van der Waals surface area contributed by atoms with Crippen molar-refractivity contribution in [3.05, 3.63) is 47.5 Å². The van der Waals surface area contributed by atoms with Gasteiger partial charge in [0.2, 0.25) is 0 Å². The van der Waals surface area contributed by atoms with Crippen LogP contribution in [0.4, 0.5) is 22.7 Å². The molecule has 2 fully saturated rings. The standard InChI is InChI=1S/C44H70N2O6/c1-39(2,3)29-45-35-21-19-32(44(42(10,11)12)50-28-34(52-44)18-14-16-24-48)26-38(35)46(30-40(4,5)6)36-22-20-31(25-37(36)45)43(41(7,8)9)49-27-33(51-43)17-13-15-23-47/h19-22,25-26,33-34,47-48H,13-18,23-24,27-30H2,1-12H3. The number of aliphatic hydroxyl groups excluding tert-OH is 2. The summed E-state index contributed by atoms with van der Waals surface area (Å²) in [6.45, 7) is 30.1. The van der Waals surface area contributed by atoms with Gasteiger partial charge < -0.3 is 39.0 Å². The van der Waals surface area contributed by atoms with Gasteiger partial charge in [0, 0.05) is 48.3 Å². The first-order valence-corrected chi connectivity index (χ1v) is 19.8. The topological polar surface area (TPSA) is 83.9 Å². The SMILES string of the molecule is CC(C)(C)CN1c2ccc(C3(C(C)(C)C)OCC(CCCCO)O3)cc2N(CC(C)(C)C)c2ccc(C3(C(C)(C)C)OCC(CCCCO)O3)cc21. The van der Waals surface area contributed by atoms with Gasteiger partial charge in [0.1, 0.15) is 0 Å². The molecule has 2 aromatic rings. The van der Waals surface area contributed by atoms with Crippen LogP contribution < -0.4 is 9.80 Å². The van der Waals surface area contributed by atoms with Crippen LogP contribution in [0.15, 0.2) is 36.4 Å². The molecule has 0 aliphatic carbocycles. The third kappa shape index (κ3) is 8.38. The van der Waals surface area contributed by atoms with E-state index in [4.69, 9.17) is 18.9 Å². The van der Waals surface area contributed by atoms with Gasteiger partial charge in [-0.3, -0.25) is 0 Å². The zero-order valence-electron chi connectivity index (χ0n) is 34.5. The maximum atomic E-state index is 9.39. The van der Waals surface area contributed by atoms with Crippen LogP contribution in [0.1, 0.15) is 133 Å². The van der Waals surface area contributed by atoms with Crippen molar-refractivity contribution in [2.75, 3.05) is 49.3 Å². The molecule has 0 saturated carbocycles. The summed E-state index contributed by atoms with van der Waals surface area (Å²) in [6, 6.07) is 13.6. The van der Waals surface area contributed by atoms with Crippen molar-refractivity contribution >= 4 is 22.7 Å². The van der Waals surface area contributed by atoms with E-state index in [-0.39, 0.29) is 47.1 Å². The molecule has 5 rings (SSSR count). The summed E-state index contributed by atoms with van der Waals surface area (Å²) in [7, 11) is 0. The zero-order chi connectivity index (χ0) is 38.3. The third-order valence-electron chi connectivity index (χ3n) is 10.6. The predicted octanol–water partition coefficient (Wildman–Crippen LogP) is 9.92. The van der Waals surface area contributed by atoms with Crippen LogP contribution in [-0.4, -0.2) is 61.9 Å². The molecule has 8 nitrogen and oxygen atoms in total. The minimum absolute atomic E-state index is 0.00137. The average molecular weight is 723 g/mol. The number of unbranched alkanes of at least 4 members (excludes halogenated alkanes) is 2. The Kier molecular flexibility index (Phi) is 11.9. The first-order chi connectivity index (χ1) is 24.1. The van der Waals surface area contributed by atoms with Gasteiger partial charge in [0.05, 0.1) is 48.2 Å². The zero-order valence-corrected chi connectivity index (χ0v) is 34.5. The monoisotopic (exact) mass is 723 g/mol. The van der Waals surface area contributed by atoms with Gasteiger partial charge in [-0.2, -0.15) is 0 Å². The molecule has 0 radical (unpaired) electrons. The van der Waals surface area contributed by atoms with Crippen molar-refractivity contribution in [2.24, 2.45) is 21.7 Å². The Morgan fingerprint density at radius 2 is 0.923 bits per heavy atom. The van der Waals surface area contributed by atoms with Gasteiger partial charge >= 0.3 is 0 Å². The van der Waals surface area contributed by atoms with E-state index >= 15 is 0 Å². The fourth-order valence-corrected chi connectivity index (χ4v) is 8.13. The van der Waals surface area contributed by atoms with Gasteiger partial charge in [-0.25, -0.2) is 0 Å². The van der Waals surface area contributed by atoms with Crippen molar-refractivity contribution in [1.29, 1.82) is 0 Å². The Labute approximate surface area is 315 Å². The van der Waals surface area contributed by atoms with E-state index in [1.807, 2.05) is 0 Å². The molecular formula is C44H70N2O6. The summed E-state index contributed by atoms with van der Waals surface area (Å²) in [4.78, 5) is 5.00. The maximum Gasteiger partial charge on any atom is 0.200 e. The average Bonchev–Trinajstić information content (AvgIpc) is 3.68. The molecular weight excluding hydrogens is 652 g/mol. The highest BCUT2D eigenvalue weighted by Crippen LogP contribution is 2.56. The number of hydrogen-bond acceptors (Lipinski definition) is 8. The third-order valence-corrected chi connectivity index (χ3v) is 10.6. The fourth-order valence-electron chi connectivity index (χ4n) is 8.13. The van der Waals surface area contributed by atoms with E-state index in [9.17, 15) is 10.2 Å². The minimum Gasteiger partial charge on any atom is -0.396 e. The van der Waals surface area contributed by atoms with E-state index in [1.54, 1.807) is 0 Å². The van der Waals surface area contributed by atoms with E-state index < -0.39 is 11.6 Å². The molecule has 0 spiro atoms. The van der Waals surface area contributed by atoms with Crippen molar-refractivity contribution in [3.8, 4) is 0 Å². The number of aliphatic hydroxyl groups is 2. The van der Waals surface area contributed by atoms with Crippen molar-refractivity contribution in [2.45, 2.75) is 145 Å². The largest absolute Gasteiger partial charge is 0.396 e. The van der Waals surface area contributed by atoms with Gasteiger partial charge in [-0.05, 0) is 73.6 Å². The van der Waals surface area contributed by atoms with Gasteiger partial charge in [-0.15, -0.1) is 0 Å². The number of fused-ring (bicyclic) bond motifs is 2. The van der Waals surface area contributed by atoms with E-state index in [2.05, 4.69) is 129 Å². The van der Waals surface area contributed by atoms with Crippen molar-refractivity contribution in [1.82, 2.24) is 0 Å². The molecule has 4 unspecified atom stereocenters. The second-order valence-corrected chi connectivity index (χ2v) is 20.0. The molecule has 3 aliphatic rings. The lowest BCUT2D eigenvalue weighted by Crippen LogP contribution is -2.43. The van der Waals surface area contributed by atoms with Gasteiger partial charge in [0.25, 0.3) is 0 Å². The smallest absolute Gasteiger partial charge is 0.200 e. The van der Waals surface area contributed by atoms with Crippen LogP contribution in [0.2, 0.25) is 0 Å². The molecule has 2 saturated heterocycles. The van der Waals surface area contributed by atoms with Gasteiger partial charge in [-0.1, -0.05) is 95.2 Å². The first kappa shape index (κ1) is 41.0. The lowest BCUT2D eigenvalue weighted by Gasteiger charge is -2.47. The lowest BCUT2D eigenvalue weighted by atomic mass is 9.79. The maximum absolute atomic E-state index is 9.39. The number of benzene rings is 2. The molecule has 3 heterocycles. The summed E-state index contributed by atoms with van der Waals surface area (Å²) in [5, 5.41) is 18.8. The Balaban J connectivity index is 1.65. The van der Waals surface area contributed by atoms with Crippen LogP contribution >= 0.6 is 0 Å². The molecule has 0 aromatic heterocycles. The minimum atomic E-state index is -0.901. The lowest BCUT2D eigenvalue weighted by molar-refractivity contribution is -0.242. The number of ether oxygens (including phenoxy) is 4. The van der Waals surface area contributed by atoms with Crippen molar-refractivity contribution < 1.29 is 29.2 Å². The van der Waals surface area contributed by atoms with Crippen molar-refractivity contribution in [3.63, 3.8) is 0 Å². The van der Waals surface area contributed by atoms with E-state index in [0.29, 0.717) is 13.2 Å². The summed E-state index contributed by atoms with van der Waals surface area (Å²) in [5.41, 5.74) is 6.04. The molecule has 292 valence electrons. The van der Waals surface area contributed by atoms with E-state index in [0.717, 1.165) is 85.5 Å². The quantitative estimate of drug-likeness (QED) is 0.210. The summed E-state index contributed by atoms with van der Waals surface area (Å²) in [6.07, 6.45) is 5.05. The molecule has 3 aliphatic heterocycles. The van der Waals surface area contributed by atoms with Crippen LogP contribution in [0.3, 0.4) is 0 Å². The fraction of sp³-hybridized carbons (Fsp3) is 0.727. The Bertz CT molecular complexity index is 1400. The Morgan fingerprint density at radius 1 is 0.558 bits per heavy atom. The van der Waals surface area contributed by atoms with E-state index in [1.165, 1.54) is 0 Å². The molecule has 52 heavy (non-hydrogen) atoms. The van der Waals surface area contributed by atoms with Crippen LogP contribution in [0, 0.1) is 21.7 Å². The molecule has 2 N–H and O–H groups in total. The highest BCUT2D eigenvalue weighted by Gasteiger charge is 2.54. The molecule has 8 heteroatoms. The van der Waals surface area contributed by atoms with Crippen LogP contribution in [0.5, 0.6) is 0 Å².